The minimum absolute atomic E-state index is 0.458. The molecule has 4 heteroatoms. The lowest BCUT2D eigenvalue weighted by Gasteiger charge is -2.15. The molecule has 1 atom stereocenters. The highest BCUT2D eigenvalue weighted by atomic mass is 16.5. The molecule has 0 aliphatic carbocycles. The lowest BCUT2D eigenvalue weighted by atomic mass is 10.0. The number of pyridine rings is 1. The molecule has 0 bridgehead atoms. The molecule has 1 aromatic carbocycles. The first-order valence-electron chi connectivity index (χ1n) is 5.24. The molecule has 17 heavy (non-hydrogen) atoms. The van der Waals surface area contributed by atoms with Gasteiger partial charge in [0.05, 0.1) is 12.8 Å². The second-order valence-corrected chi connectivity index (χ2v) is 3.65. The van der Waals surface area contributed by atoms with Crippen LogP contribution in [-0.2, 0) is 0 Å². The Hall–Kier alpha value is -2.07. The molecule has 1 aromatic heterocycles. The molecule has 2 aromatic rings. The minimum Gasteiger partial charge on any atom is -0.495 e. The summed E-state index contributed by atoms with van der Waals surface area (Å²) in [7, 11) is 1.55. The molecule has 0 saturated heterocycles. The molecule has 0 fully saturated rings. The molecule has 0 spiro atoms. The van der Waals surface area contributed by atoms with Crippen molar-refractivity contribution >= 4 is 5.69 Å². The van der Waals surface area contributed by atoms with Crippen molar-refractivity contribution in [3.8, 4) is 5.75 Å². The van der Waals surface area contributed by atoms with Gasteiger partial charge in [-0.25, -0.2) is 0 Å². The predicted molar refractivity (Wildman–Crippen MR) is 65.7 cm³/mol. The maximum atomic E-state index is 10.2. The number of anilines is 1. The summed E-state index contributed by atoms with van der Waals surface area (Å²) in [4.78, 5) is 3.91. The van der Waals surface area contributed by atoms with Crippen LogP contribution >= 0.6 is 0 Å². The third kappa shape index (κ3) is 2.21. The van der Waals surface area contributed by atoms with Crippen molar-refractivity contribution in [1.29, 1.82) is 0 Å². The van der Waals surface area contributed by atoms with Crippen molar-refractivity contribution in [2.75, 3.05) is 12.8 Å². The minimum atomic E-state index is -0.770. The summed E-state index contributed by atoms with van der Waals surface area (Å²) in [6.07, 6.45) is 2.50. The normalized spacial score (nSPS) is 12.1. The van der Waals surface area contributed by atoms with Crippen LogP contribution in [-0.4, -0.2) is 17.2 Å². The van der Waals surface area contributed by atoms with E-state index in [-0.39, 0.29) is 0 Å². The highest BCUT2D eigenvalue weighted by molar-refractivity contribution is 5.60. The summed E-state index contributed by atoms with van der Waals surface area (Å²) in [6, 6.07) is 8.85. The lowest BCUT2D eigenvalue weighted by Crippen LogP contribution is -2.05. The number of nitrogens with two attached hydrogens (primary N) is 1. The van der Waals surface area contributed by atoms with E-state index in [1.165, 1.54) is 0 Å². The Kier molecular flexibility index (Phi) is 3.25. The van der Waals surface area contributed by atoms with E-state index in [0.717, 1.165) is 5.56 Å². The SMILES string of the molecule is COc1cccc(C(O)c2ccncc2)c1N. The van der Waals surface area contributed by atoms with Gasteiger partial charge in [-0.1, -0.05) is 12.1 Å². The number of benzene rings is 1. The predicted octanol–water partition coefficient (Wildman–Crippen LogP) is 1.75. The molecule has 1 unspecified atom stereocenters. The molecular formula is C13H14N2O2. The molecule has 3 N–H and O–H groups in total. The first kappa shape index (κ1) is 11.4. The number of aliphatic hydroxyl groups excluding tert-OH is 1. The zero-order chi connectivity index (χ0) is 12.3. The molecule has 0 amide bonds. The fourth-order valence-electron chi connectivity index (χ4n) is 1.70. The van der Waals surface area contributed by atoms with Gasteiger partial charge >= 0.3 is 0 Å². The Balaban J connectivity index is 2.41. The van der Waals surface area contributed by atoms with Crippen molar-refractivity contribution in [1.82, 2.24) is 4.98 Å². The zero-order valence-electron chi connectivity index (χ0n) is 9.50. The van der Waals surface area contributed by atoms with Gasteiger partial charge in [0.1, 0.15) is 11.9 Å². The number of methoxy groups -OCH3 is 1. The van der Waals surface area contributed by atoms with Crippen molar-refractivity contribution < 1.29 is 9.84 Å². The maximum Gasteiger partial charge on any atom is 0.142 e. The first-order chi connectivity index (χ1) is 8.24. The molecule has 1 heterocycles. The fraction of sp³-hybridized carbons (Fsp3) is 0.154. The van der Waals surface area contributed by atoms with Crippen LogP contribution in [0.4, 0.5) is 5.69 Å². The molecule has 0 radical (unpaired) electrons. The third-order valence-electron chi connectivity index (χ3n) is 2.64. The molecule has 2 rings (SSSR count). The van der Waals surface area contributed by atoms with Crippen molar-refractivity contribution in [3.05, 3.63) is 53.9 Å². The Morgan fingerprint density at radius 2 is 1.94 bits per heavy atom. The zero-order valence-corrected chi connectivity index (χ0v) is 9.50. The van der Waals surface area contributed by atoms with E-state index in [9.17, 15) is 5.11 Å². The van der Waals surface area contributed by atoms with Gasteiger partial charge in [-0.05, 0) is 23.8 Å². The Morgan fingerprint density at radius 3 is 2.59 bits per heavy atom. The second kappa shape index (κ2) is 4.84. The molecule has 0 aliphatic rings. The maximum absolute atomic E-state index is 10.2. The number of para-hydroxylation sites is 1. The summed E-state index contributed by atoms with van der Waals surface area (Å²) in [5.41, 5.74) is 7.77. The van der Waals surface area contributed by atoms with Crippen LogP contribution in [0.1, 0.15) is 17.2 Å². The number of hydrogen-bond donors (Lipinski definition) is 2. The van der Waals surface area contributed by atoms with Crippen LogP contribution < -0.4 is 10.5 Å². The van der Waals surface area contributed by atoms with E-state index in [4.69, 9.17) is 10.5 Å². The van der Waals surface area contributed by atoms with Crippen LogP contribution in [0, 0.1) is 0 Å². The van der Waals surface area contributed by atoms with E-state index < -0.39 is 6.10 Å². The van der Waals surface area contributed by atoms with E-state index in [0.29, 0.717) is 17.0 Å². The van der Waals surface area contributed by atoms with Crippen molar-refractivity contribution in [3.63, 3.8) is 0 Å². The summed E-state index contributed by atoms with van der Waals surface area (Å²) in [6.45, 7) is 0. The summed E-state index contributed by atoms with van der Waals surface area (Å²) in [5, 5.41) is 10.2. The third-order valence-corrected chi connectivity index (χ3v) is 2.64. The average Bonchev–Trinajstić information content (AvgIpc) is 2.39. The Morgan fingerprint density at radius 1 is 1.24 bits per heavy atom. The van der Waals surface area contributed by atoms with Crippen LogP contribution in [0.2, 0.25) is 0 Å². The van der Waals surface area contributed by atoms with E-state index in [1.807, 2.05) is 0 Å². The van der Waals surface area contributed by atoms with Gasteiger partial charge in [0.2, 0.25) is 0 Å². The van der Waals surface area contributed by atoms with Crippen LogP contribution in [0.3, 0.4) is 0 Å². The van der Waals surface area contributed by atoms with Gasteiger partial charge < -0.3 is 15.6 Å². The summed E-state index contributed by atoms with van der Waals surface area (Å²) in [5.74, 6) is 0.565. The van der Waals surface area contributed by atoms with Gasteiger partial charge in [0, 0.05) is 18.0 Å². The molecule has 88 valence electrons. The number of nitrogens with zero attached hydrogens (tertiary/aromatic N) is 1. The van der Waals surface area contributed by atoms with Crippen LogP contribution in [0.15, 0.2) is 42.7 Å². The highest BCUT2D eigenvalue weighted by Crippen LogP contribution is 2.32. The number of aliphatic hydroxyl groups is 1. The smallest absolute Gasteiger partial charge is 0.142 e. The van der Waals surface area contributed by atoms with E-state index in [1.54, 1.807) is 49.8 Å². The lowest BCUT2D eigenvalue weighted by molar-refractivity contribution is 0.220. The van der Waals surface area contributed by atoms with Crippen LogP contribution in [0.5, 0.6) is 5.75 Å². The number of rotatable bonds is 3. The Labute approximate surface area is 99.7 Å². The monoisotopic (exact) mass is 230 g/mol. The summed E-state index contributed by atoms with van der Waals surface area (Å²) >= 11 is 0. The number of hydrogen-bond acceptors (Lipinski definition) is 4. The van der Waals surface area contributed by atoms with Crippen molar-refractivity contribution in [2.24, 2.45) is 0 Å². The van der Waals surface area contributed by atoms with Gasteiger partial charge in [0.15, 0.2) is 0 Å². The van der Waals surface area contributed by atoms with E-state index in [2.05, 4.69) is 4.98 Å². The quantitative estimate of drug-likeness (QED) is 0.788. The number of nitrogen functional groups attached to an aromatic ring is 1. The molecule has 0 saturated carbocycles. The average molecular weight is 230 g/mol. The molecular weight excluding hydrogens is 216 g/mol. The number of aromatic nitrogens is 1. The first-order valence-corrected chi connectivity index (χ1v) is 5.24. The topological polar surface area (TPSA) is 68.4 Å². The summed E-state index contributed by atoms with van der Waals surface area (Å²) < 4.78 is 5.12. The van der Waals surface area contributed by atoms with Crippen LogP contribution in [0.25, 0.3) is 0 Å². The standard InChI is InChI=1S/C13H14N2O2/c1-17-11-4-2-3-10(12(11)14)13(16)9-5-7-15-8-6-9/h2-8,13,16H,14H2,1H3. The highest BCUT2D eigenvalue weighted by Gasteiger charge is 2.15. The van der Waals surface area contributed by atoms with Crippen molar-refractivity contribution in [2.45, 2.75) is 6.10 Å². The Bertz CT molecular complexity index is 500. The van der Waals surface area contributed by atoms with Gasteiger partial charge in [-0.2, -0.15) is 0 Å². The number of ether oxygens (including phenoxy) is 1. The van der Waals surface area contributed by atoms with E-state index >= 15 is 0 Å². The molecule has 4 nitrogen and oxygen atoms in total. The largest absolute Gasteiger partial charge is 0.495 e. The van der Waals surface area contributed by atoms with Gasteiger partial charge in [-0.3, -0.25) is 4.98 Å². The molecule has 0 aliphatic heterocycles. The fourth-order valence-corrected chi connectivity index (χ4v) is 1.70. The van der Waals surface area contributed by atoms with Gasteiger partial charge in [0.25, 0.3) is 0 Å². The second-order valence-electron chi connectivity index (χ2n) is 3.65. The van der Waals surface area contributed by atoms with Gasteiger partial charge in [-0.15, -0.1) is 0 Å².